The van der Waals surface area contributed by atoms with E-state index < -0.39 is 18.5 Å². The normalized spacial score (nSPS) is 11.4. The van der Waals surface area contributed by atoms with Gasteiger partial charge in [-0.2, -0.15) is 0 Å². The molecule has 28 heavy (non-hydrogen) atoms. The number of Topliss-reactive ketones (excluding diaryl/α,β-unsaturated/α-hetero) is 1. The molecule has 0 aliphatic rings. The number of rotatable bonds is 9. The van der Waals surface area contributed by atoms with Crippen LogP contribution in [-0.4, -0.2) is 30.9 Å². The minimum absolute atomic E-state index is 0.0315. The van der Waals surface area contributed by atoms with Gasteiger partial charge >= 0.3 is 5.97 Å². The van der Waals surface area contributed by atoms with E-state index in [1.165, 1.54) is 0 Å². The van der Waals surface area contributed by atoms with E-state index in [-0.39, 0.29) is 18.4 Å². The van der Waals surface area contributed by atoms with Crippen LogP contribution in [0.15, 0.2) is 48.5 Å². The monoisotopic (exact) mass is 403 g/mol. The van der Waals surface area contributed by atoms with Crippen molar-refractivity contribution in [2.24, 2.45) is 0 Å². The van der Waals surface area contributed by atoms with Gasteiger partial charge in [-0.05, 0) is 48.9 Å². The third-order valence-corrected chi connectivity index (χ3v) is 4.18. The summed E-state index contributed by atoms with van der Waals surface area (Å²) in [6, 6.07) is 13.4. The van der Waals surface area contributed by atoms with Gasteiger partial charge in [0.15, 0.2) is 19.0 Å². The predicted octanol–water partition coefficient (Wildman–Crippen LogP) is 3.73. The zero-order chi connectivity index (χ0) is 20.5. The van der Waals surface area contributed by atoms with Crippen molar-refractivity contribution in [3.05, 3.63) is 64.7 Å². The van der Waals surface area contributed by atoms with Crippen LogP contribution in [0.4, 0.5) is 0 Å². The first kappa shape index (κ1) is 21.4. The molecule has 2 aromatic carbocycles. The summed E-state index contributed by atoms with van der Waals surface area (Å²) in [5.41, 5.74) is 1.43. The van der Waals surface area contributed by atoms with Gasteiger partial charge in [0.25, 0.3) is 5.91 Å². The van der Waals surface area contributed by atoms with Gasteiger partial charge in [-0.15, -0.1) is 0 Å². The van der Waals surface area contributed by atoms with Gasteiger partial charge in [-0.3, -0.25) is 9.59 Å². The summed E-state index contributed by atoms with van der Waals surface area (Å²) in [4.78, 5) is 35.2. The highest BCUT2D eigenvalue weighted by atomic mass is 35.5. The summed E-state index contributed by atoms with van der Waals surface area (Å²) in [6.07, 6.45) is 0.421. The summed E-state index contributed by atoms with van der Waals surface area (Å²) in [6.45, 7) is 2.85. The average Bonchev–Trinajstić information content (AvgIpc) is 2.70. The van der Waals surface area contributed by atoms with Gasteiger partial charge in [-0.25, -0.2) is 4.79 Å². The molecule has 6 nitrogen and oxygen atoms in total. The topological polar surface area (TPSA) is 81.7 Å². The van der Waals surface area contributed by atoms with Crippen molar-refractivity contribution in [2.45, 2.75) is 26.3 Å². The Morgan fingerprint density at radius 3 is 2.43 bits per heavy atom. The molecule has 0 heterocycles. The Morgan fingerprint density at radius 2 is 1.79 bits per heavy atom. The van der Waals surface area contributed by atoms with E-state index in [4.69, 9.17) is 21.1 Å². The van der Waals surface area contributed by atoms with Crippen LogP contribution in [0.3, 0.4) is 0 Å². The fourth-order valence-corrected chi connectivity index (χ4v) is 2.61. The van der Waals surface area contributed by atoms with Crippen LogP contribution in [0.2, 0.25) is 5.02 Å². The van der Waals surface area contributed by atoms with Crippen molar-refractivity contribution in [1.82, 2.24) is 5.32 Å². The molecule has 7 heteroatoms. The third kappa shape index (κ3) is 6.70. The number of hydrogen-bond acceptors (Lipinski definition) is 5. The molecule has 0 saturated heterocycles. The number of amides is 1. The predicted molar refractivity (Wildman–Crippen MR) is 106 cm³/mol. The standard InChI is InChI=1S/C21H22ClNO5/c1-3-19(24)15-7-9-18(10-8-15)27-13-21(26)28-12-20(25)23-14(2)16-5-4-6-17(22)11-16/h4-11,14H,3,12-13H2,1-2H3,(H,23,25)/t14-/m0/s1. The first-order valence-electron chi connectivity index (χ1n) is 8.85. The Labute approximate surface area is 168 Å². The minimum atomic E-state index is -0.667. The van der Waals surface area contributed by atoms with Crippen LogP contribution in [0.1, 0.15) is 42.2 Å². The van der Waals surface area contributed by atoms with Gasteiger partial charge < -0.3 is 14.8 Å². The quantitative estimate of drug-likeness (QED) is 0.509. The maximum Gasteiger partial charge on any atom is 0.344 e. The molecule has 1 atom stereocenters. The van der Waals surface area contributed by atoms with Crippen molar-refractivity contribution in [3.63, 3.8) is 0 Å². The lowest BCUT2D eigenvalue weighted by atomic mass is 10.1. The number of esters is 1. The van der Waals surface area contributed by atoms with Crippen LogP contribution in [0, 0.1) is 0 Å². The number of nitrogens with one attached hydrogen (secondary N) is 1. The summed E-state index contributed by atoms with van der Waals surface area (Å²) in [5.74, 6) is -0.630. The molecule has 2 aromatic rings. The maximum absolute atomic E-state index is 11.9. The molecule has 1 N–H and O–H groups in total. The van der Waals surface area contributed by atoms with Gasteiger partial charge in [-0.1, -0.05) is 30.7 Å². The molecule has 148 valence electrons. The van der Waals surface area contributed by atoms with Gasteiger partial charge in [0.1, 0.15) is 5.75 Å². The smallest absolute Gasteiger partial charge is 0.344 e. The Balaban J connectivity index is 1.73. The molecule has 0 radical (unpaired) electrons. The molecule has 0 spiro atoms. The van der Waals surface area contributed by atoms with E-state index in [0.717, 1.165) is 5.56 Å². The molecule has 2 rings (SSSR count). The van der Waals surface area contributed by atoms with Crippen LogP contribution in [0.5, 0.6) is 5.75 Å². The lowest BCUT2D eigenvalue weighted by Gasteiger charge is -2.14. The molecular weight excluding hydrogens is 382 g/mol. The molecule has 0 bridgehead atoms. The highest BCUT2D eigenvalue weighted by Gasteiger charge is 2.13. The molecule has 0 fully saturated rings. The van der Waals surface area contributed by atoms with E-state index in [1.807, 2.05) is 6.07 Å². The lowest BCUT2D eigenvalue weighted by molar-refractivity contribution is -0.150. The number of halogens is 1. The number of ether oxygens (including phenoxy) is 2. The molecule has 0 saturated carbocycles. The van der Waals surface area contributed by atoms with Crippen LogP contribution in [-0.2, 0) is 14.3 Å². The van der Waals surface area contributed by atoms with Crippen molar-refractivity contribution in [2.75, 3.05) is 13.2 Å². The fourth-order valence-electron chi connectivity index (χ4n) is 2.41. The maximum atomic E-state index is 11.9. The SMILES string of the molecule is CCC(=O)c1ccc(OCC(=O)OCC(=O)N[C@@H](C)c2cccc(Cl)c2)cc1. The molecule has 0 aliphatic heterocycles. The summed E-state index contributed by atoms with van der Waals surface area (Å²) >= 11 is 5.93. The molecule has 0 aliphatic carbocycles. The van der Waals surface area contributed by atoms with Crippen molar-refractivity contribution in [1.29, 1.82) is 0 Å². The zero-order valence-electron chi connectivity index (χ0n) is 15.7. The average molecular weight is 404 g/mol. The molecule has 1 amide bonds. The lowest BCUT2D eigenvalue weighted by Crippen LogP contribution is -2.31. The number of carbonyl (C=O) groups is 3. The van der Waals surface area contributed by atoms with Gasteiger partial charge in [0.2, 0.25) is 0 Å². The first-order valence-corrected chi connectivity index (χ1v) is 9.23. The number of ketones is 1. The number of carbonyl (C=O) groups excluding carboxylic acids is 3. The van der Waals surface area contributed by atoms with Crippen LogP contribution >= 0.6 is 11.6 Å². The highest BCUT2D eigenvalue weighted by Crippen LogP contribution is 2.17. The minimum Gasteiger partial charge on any atom is -0.482 e. The first-order chi connectivity index (χ1) is 13.4. The van der Waals surface area contributed by atoms with Crippen LogP contribution in [0.25, 0.3) is 0 Å². The van der Waals surface area contributed by atoms with Gasteiger partial charge in [0.05, 0.1) is 6.04 Å². The van der Waals surface area contributed by atoms with Gasteiger partial charge in [0, 0.05) is 17.0 Å². The van der Waals surface area contributed by atoms with Crippen molar-refractivity contribution < 1.29 is 23.9 Å². The Bertz CT molecular complexity index is 835. The van der Waals surface area contributed by atoms with Crippen molar-refractivity contribution >= 4 is 29.3 Å². The Hall–Kier alpha value is -2.86. The van der Waals surface area contributed by atoms with E-state index in [9.17, 15) is 14.4 Å². The number of hydrogen-bond donors (Lipinski definition) is 1. The second kappa shape index (κ2) is 10.5. The van der Waals surface area contributed by atoms with E-state index in [1.54, 1.807) is 56.3 Å². The van der Waals surface area contributed by atoms with Crippen LogP contribution < -0.4 is 10.1 Å². The third-order valence-electron chi connectivity index (χ3n) is 3.94. The van der Waals surface area contributed by atoms with Crippen molar-refractivity contribution in [3.8, 4) is 5.75 Å². The second-order valence-corrected chi connectivity index (χ2v) is 6.53. The Kier molecular flexibility index (Phi) is 8.02. The molecule has 0 unspecified atom stereocenters. The summed E-state index contributed by atoms with van der Waals surface area (Å²) in [7, 11) is 0. The summed E-state index contributed by atoms with van der Waals surface area (Å²) < 4.78 is 10.2. The summed E-state index contributed by atoms with van der Waals surface area (Å²) in [5, 5.41) is 3.31. The van der Waals surface area contributed by atoms with E-state index in [2.05, 4.69) is 5.32 Å². The molecule has 0 aromatic heterocycles. The number of benzene rings is 2. The second-order valence-electron chi connectivity index (χ2n) is 6.09. The largest absolute Gasteiger partial charge is 0.482 e. The van der Waals surface area contributed by atoms with E-state index in [0.29, 0.717) is 22.8 Å². The fraction of sp³-hybridized carbons (Fsp3) is 0.286. The highest BCUT2D eigenvalue weighted by molar-refractivity contribution is 6.30. The molecular formula is C21H22ClNO5. The van der Waals surface area contributed by atoms with E-state index >= 15 is 0 Å². The zero-order valence-corrected chi connectivity index (χ0v) is 16.5. The Morgan fingerprint density at radius 1 is 1.07 bits per heavy atom.